The number of hydrogen-bond donors (Lipinski definition) is 1. The molecule has 1 atom stereocenters. The summed E-state index contributed by atoms with van der Waals surface area (Å²) >= 11 is 0. The number of fused-ring (bicyclic) bond motifs is 1. The molecule has 1 aliphatic heterocycles. The van der Waals surface area contributed by atoms with Gasteiger partial charge in [0.15, 0.2) is 0 Å². The van der Waals surface area contributed by atoms with Gasteiger partial charge in [-0.05, 0) is 41.8 Å². The Balaban J connectivity index is 1.51. The highest BCUT2D eigenvalue weighted by atomic mass is 16.5. The molecule has 1 heterocycles. The fraction of sp³-hybridized carbons (Fsp3) is 0.286. The second-order valence-electron chi connectivity index (χ2n) is 8.30. The molecule has 0 aromatic heterocycles. The van der Waals surface area contributed by atoms with Gasteiger partial charge >= 0.3 is 0 Å². The zero-order valence-electron chi connectivity index (χ0n) is 19.6. The van der Waals surface area contributed by atoms with Crippen LogP contribution in [0.5, 0.6) is 11.5 Å². The van der Waals surface area contributed by atoms with Gasteiger partial charge in [0.1, 0.15) is 17.5 Å². The molecule has 176 valence electrons. The maximum Gasteiger partial charge on any atom is 0.255 e. The largest absolute Gasteiger partial charge is 0.496 e. The minimum atomic E-state index is -0.695. The molecule has 0 radical (unpaired) electrons. The van der Waals surface area contributed by atoms with Crippen molar-refractivity contribution in [2.24, 2.45) is 0 Å². The van der Waals surface area contributed by atoms with E-state index in [4.69, 9.17) is 9.47 Å². The molecule has 34 heavy (non-hydrogen) atoms. The zero-order chi connectivity index (χ0) is 23.9. The van der Waals surface area contributed by atoms with Gasteiger partial charge in [-0.1, -0.05) is 61.9 Å². The highest BCUT2D eigenvalue weighted by Gasteiger charge is 2.40. The summed E-state index contributed by atoms with van der Waals surface area (Å²) in [7, 11) is 1.61. The van der Waals surface area contributed by atoms with Gasteiger partial charge < -0.3 is 19.7 Å². The molecule has 6 nitrogen and oxygen atoms in total. The predicted molar refractivity (Wildman–Crippen MR) is 131 cm³/mol. The van der Waals surface area contributed by atoms with Crippen LogP contribution in [0, 0.1) is 0 Å². The number of carbonyl (C=O) groups excluding carboxylic acids is 2. The Labute approximate surface area is 200 Å². The molecule has 0 saturated carbocycles. The van der Waals surface area contributed by atoms with E-state index in [-0.39, 0.29) is 11.8 Å². The SMILES string of the molecule is CCCCOc1ccc(CN2C(=O)c3ccccc3[C@H]2C(=O)NCc2ccccc2OC)cc1. The summed E-state index contributed by atoms with van der Waals surface area (Å²) in [5, 5.41) is 3.00. The number of para-hydroxylation sites is 1. The molecule has 0 unspecified atom stereocenters. The van der Waals surface area contributed by atoms with E-state index < -0.39 is 6.04 Å². The standard InChI is InChI=1S/C28H30N2O4/c1-3-4-17-34-22-15-13-20(14-16-22)19-30-26(23-10-6-7-11-24(23)28(30)32)27(31)29-18-21-9-5-8-12-25(21)33-2/h5-16,26H,3-4,17-19H2,1-2H3,(H,29,31)/t26-/m0/s1. The van der Waals surface area contributed by atoms with Crippen LogP contribution in [0.4, 0.5) is 0 Å². The van der Waals surface area contributed by atoms with Crippen LogP contribution >= 0.6 is 0 Å². The minimum absolute atomic E-state index is 0.142. The third-order valence-corrected chi connectivity index (χ3v) is 6.00. The normalized spacial score (nSPS) is 14.6. The van der Waals surface area contributed by atoms with Crippen LogP contribution in [0.15, 0.2) is 72.8 Å². The van der Waals surface area contributed by atoms with Gasteiger partial charge in [0, 0.05) is 24.2 Å². The molecule has 1 aliphatic rings. The van der Waals surface area contributed by atoms with Gasteiger partial charge in [-0.15, -0.1) is 0 Å². The second kappa shape index (κ2) is 10.9. The van der Waals surface area contributed by atoms with Crippen molar-refractivity contribution in [3.8, 4) is 11.5 Å². The quantitative estimate of drug-likeness (QED) is 0.440. The summed E-state index contributed by atoms with van der Waals surface area (Å²) in [4.78, 5) is 28.2. The van der Waals surface area contributed by atoms with Crippen LogP contribution in [0.2, 0.25) is 0 Å². The average molecular weight is 459 g/mol. The molecule has 0 spiro atoms. The molecule has 3 aromatic carbocycles. The number of carbonyl (C=O) groups is 2. The van der Waals surface area contributed by atoms with Crippen molar-refractivity contribution in [3.05, 3.63) is 95.1 Å². The molecule has 3 aromatic rings. The maximum absolute atomic E-state index is 13.4. The summed E-state index contributed by atoms with van der Waals surface area (Å²) in [5.74, 6) is 1.16. The Morgan fingerprint density at radius 3 is 2.50 bits per heavy atom. The van der Waals surface area contributed by atoms with E-state index in [1.165, 1.54) is 0 Å². The second-order valence-corrected chi connectivity index (χ2v) is 8.30. The lowest BCUT2D eigenvalue weighted by molar-refractivity contribution is -0.125. The van der Waals surface area contributed by atoms with Crippen LogP contribution in [0.25, 0.3) is 0 Å². The van der Waals surface area contributed by atoms with Gasteiger partial charge in [0.2, 0.25) is 5.91 Å². The van der Waals surface area contributed by atoms with Crippen molar-refractivity contribution < 1.29 is 19.1 Å². The first-order valence-electron chi connectivity index (χ1n) is 11.6. The minimum Gasteiger partial charge on any atom is -0.496 e. The number of nitrogens with one attached hydrogen (secondary N) is 1. The highest BCUT2D eigenvalue weighted by Crippen LogP contribution is 2.35. The van der Waals surface area contributed by atoms with Gasteiger partial charge in [0.25, 0.3) is 5.91 Å². The van der Waals surface area contributed by atoms with Crippen LogP contribution in [0.3, 0.4) is 0 Å². The predicted octanol–water partition coefficient (Wildman–Crippen LogP) is 4.89. The number of benzene rings is 3. The summed E-state index contributed by atoms with van der Waals surface area (Å²) in [6, 6.07) is 21.9. The van der Waals surface area contributed by atoms with Gasteiger partial charge in [0.05, 0.1) is 13.7 Å². The first-order chi connectivity index (χ1) is 16.6. The number of methoxy groups -OCH3 is 1. The van der Waals surface area contributed by atoms with E-state index in [2.05, 4.69) is 12.2 Å². The van der Waals surface area contributed by atoms with E-state index >= 15 is 0 Å². The van der Waals surface area contributed by atoms with E-state index in [0.29, 0.717) is 31.0 Å². The number of amides is 2. The van der Waals surface area contributed by atoms with E-state index in [1.807, 2.05) is 66.7 Å². The van der Waals surface area contributed by atoms with Crippen molar-refractivity contribution >= 4 is 11.8 Å². The van der Waals surface area contributed by atoms with Crippen LogP contribution in [-0.4, -0.2) is 30.4 Å². The fourth-order valence-corrected chi connectivity index (χ4v) is 4.17. The molecule has 1 N–H and O–H groups in total. The zero-order valence-corrected chi connectivity index (χ0v) is 19.6. The molecule has 4 rings (SSSR count). The Bertz CT molecular complexity index is 1140. The third-order valence-electron chi connectivity index (χ3n) is 6.00. The number of unbranched alkanes of at least 4 members (excludes halogenated alkanes) is 1. The number of nitrogens with zero attached hydrogens (tertiary/aromatic N) is 1. The Hall–Kier alpha value is -3.80. The molecule has 0 saturated heterocycles. The monoisotopic (exact) mass is 458 g/mol. The molecule has 0 fully saturated rings. The highest BCUT2D eigenvalue weighted by molar-refractivity contribution is 6.04. The molecule has 2 amide bonds. The lowest BCUT2D eigenvalue weighted by Crippen LogP contribution is -2.38. The average Bonchev–Trinajstić information content (AvgIpc) is 3.15. The Morgan fingerprint density at radius 2 is 1.74 bits per heavy atom. The summed E-state index contributed by atoms with van der Waals surface area (Å²) < 4.78 is 11.1. The summed E-state index contributed by atoms with van der Waals surface area (Å²) in [5.41, 5.74) is 3.11. The van der Waals surface area contributed by atoms with Crippen molar-refractivity contribution in [3.63, 3.8) is 0 Å². The van der Waals surface area contributed by atoms with Crippen molar-refractivity contribution in [1.82, 2.24) is 10.2 Å². The first-order valence-corrected chi connectivity index (χ1v) is 11.6. The summed E-state index contributed by atoms with van der Waals surface area (Å²) in [6.07, 6.45) is 2.09. The number of rotatable bonds is 10. The van der Waals surface area contributed by atoms with E-state index in [9.17, 15) is 9.59 Å². The smallest absolute Gasteiger partial charge is 0.255 e. The Kier molecular flexibility index (Phi) is 7.48. The lowest BCUT2D eigenvalue weighted by Gasteiger charge is -2.25. The van der Waals surface area contributed by atoms with Crippen molar-refractivity contribution in [2.75, 3.05) is 13.7 Å². The molecule has 0 bridgehead atoms. The molecular formula is C28H30N2O4. The van der Waals surface area contributed by atoms with Gasteiger partial charge in [-0.25, -0.2) is 0 Å². The third kappa shape index (κ3) is 5.06. The lowest BCUT2D eigenvalue weighted by atomic mass is 10.0. The fourth-order valence-electron chi connectivity index (χ4n) is 4.17. The number of ether oxygens (including phenoxy) is 2. The molecule has 0 aliphatic carbocycles. The summed E-state index contributed by atoms with van der Waals surface area (Å²) in [6.45, 7) is 3.45. The maximum atomic E-state index is 13.4. The van der Waals surface area contributed by atoms with Crippen LogP contribution < -0.4 is 14.8 Å². The van der Waals surface area contributed by atoms with Crippen LogP contribution in [-0.2, 0) is 17.9 Å². The van der Waals surface area contributed by atoms with Gasteiger partial charge in [-0.2, -0.15) is 0 Å². The Morgan fingerprint density at radius 1 is 1.00 bits per heavy atom. The molecular weight excluding hydrogens is 428 g/mol. The van der Waals surface area contributed by atoms with Crippen molar-refractivity contribution in [1.29, 1.82) is 0 Å². The van der Waals surface area contributed by atoms with E-state index in [1.54, 1.807) is 18.1 Å². The van der Waals surface area contributed by atoms with Crippen LogP contribution in [0.1, 0.15) is 52.9 Å². The first kappa shape index (κ1) is 23.4. The number of hydrogen-bond acceptors (Lipinski definition) is 4. The van der Waals surface area contributed by atoms with E-state index in [0.717, 1.165) is 35.3 Å². The topological polar surface area (TPSA) is 67.9 Å². The molecule has 6 heteroatoms. The van der Waals surface area contributed by atoms with Crippen molar-refractivity contribution in [2.45, 2.75) is 38.9 Å². The van der Waals surface area contributed by atoms with Gasteiger partial charge in [-0.3, -0.25) is 9.59 Å².